The molecule has 1 aromatic rings. The summed E-state index contributed by atoms with van der Waals surface area (Å²) in [5.74, 6) is 0.886. The van der Waals surface area contributed by atoms with Crippen LogP contribution in [-0.4, -0.2) is 18.3 Å². The summed E-state index contributed by atoms with van der Waals surface area (Å²) < 4.78 is 5.36. The summed E-state index contributed by atoms with van der Waals surface area (Å²) in [5, 5.41) is 10.4. The number of ether oxygens (including phenoxy) is 1. The van der Waals surface area contributed by atoms with E-state index in [1.165, 1.54) is 0 Å². The summed E-state index contributed by atoms with van der Waals surface area (Å²) in [5.41, 5.74) is 1.30. The van der Waals surface area contributed by atoms with E-state index < -0.39 is 0 Å². The normalized spacial score (nSPS) is 28.4. The molecule has 1 N–H and O–H groups in total. The molecule has 2 rings (SSSR count). The third-order valence-electron chi connectivity index (χ3n) is 3.67. The summed E-state index contributed by atoms with van der Waals surface area (Å²) in [6.07, 6.45) is 3.59. The topological polar surface area (TPSA) is 29.5 Å². The second-order valence-electron chi connectivity index (χ2n) is 5.34. The molecule has 0 aromatic heterocycles. The van der Waals surface area contributed by atoms with Crippen molar-refractivity contribution in [3.8, 4) is 5.75 Å². The Labute approximate surface area is 108 Å². The van der Waals surface area contributed by atoms with Gasteiger partial charge in [-0.2, -0.15) is 0 Å². The molecule has 3 heteroatoms. The van der Waals surface area contributed by atoms with Crippen molar-refractivity contribution in [2.45, 2.75) is 38.7 Å². The van der Waals surface area contributed by atoms with E-state index >= 15 is 0 Å². The molecular formula is C14H19ClO2. The van der Waals surface area contributed by atoms with Crippen LogP contribution in [0.5, 0.6) is 5.75 Å². The predicted molar refractivity (Wildman–Crippen MR) is 69.7 cm³/mol. The van der Waals surface area contributed by atoms with Gasteiger partial charge < -0.3 is 9.84 Å². The predicted octanol–water partition coefficient (Wildman–Crippen LogP) is 3.44. The second-order valence-corrected chi connectivity index (χ2v) is 5.78. The fourth-order valence-corrected chi connectivity index (χ4v) is 2.99. The van der Waals surface area contributed by atoms with Gasteiger partial charge in [0.05, 0.1) is 13.2 Å². The molecule has 1 saturated carbocycles. The van der Waals surface area contributed by atoms with Crippen molar-refractivity contribution < 1.29 is 9.84 Å². The zero-order valence-corrected chi connectivity index (χ0v) is 11.1. The molecular weight excluding hydrogens is 236 g/mol. The van der Waals surface area contributed by atoms with Gasteiger partial charge in [-0.15, -0.1) is 0 Å². The SMILES string of the molecule is COc1ccc(Cl)cc1CC1(C)CCC(O)C1. The van der Waals surface area contributed by atoms with Gasteiger partial charge in [0.25, 0.3) is 0 Å². The van der Waals surface area contributed by atoms with Crippen LogP contribution in [0.25, 0.3) is 0 Å². The first-order valence-electron chi connectivity index (χ1n) is 6.03. The van der Waals surface area contributed by atoms with Crippen LogP contribution in [0.15, 0.2) is 18.2 Å². The first-order chi connectivity index (χ1) is 8.02. The Kier molecular flexibility index (Phi) is 3.64. The molecule has 2 atom stereocenters. The van der Waals surface area contributed by atoms with Crippen LogP contribution in [0.4, 0.5) is 0 Å². The van der Waals surface area contributed by atoms with Crippen LogP contribution >= 0.6 is 11.6 Å². The van der Waals surface area contributed by atoms with Crippen molar-refractivity contribution >= 4 is 11.6 Å². The summed E-state index contributed by atoms with van der Waals surface area (Å²) in [6.45, 7) is 2.23. The fourth-order valence-electron chi connectivity index (χ4n) is 2.79. The van der Waals surface area contributed by atoms with Gasteiger partial charge in [-0.05, 0) is 54.9 Å². The maximum absolute atomic E-state index is 9.67. The van der Waals surface area contributed by atoms with Crippen molar-refractivity contribution in [3.63, 3.8) is 0 Å². The van der Waals surface area contributed by atoms with Crippen LogP contribution in [-0.2, 0) is 6.42 Å². The minimum Gasteiger partial charge on any atom is -0.496 e. The van der Waals surface area contributed by atoms with Gasteiger partial charge in [-0.1, -0.05) is 18.5 Å². The highest BCUT2D eigenvalue weighted by molar-refractivity contribution is 6.30. The van der Waals surface area contributed by atoms with Gasteiger partial charge in [-0.3, -0.25) is 0 Å². The van der Waals surface area contributed by atoms with E-state index in [2.05, 4.69) is 6.92 Å². The van der Waals surface area contributed by atoms with Gasteiger partial charge in [0, 0.05) is 5.02 Å². The summed E-state index contributed by atoms with van der Waals surface area (Å²) in [6, 6.07) is 5.72. The zero-order chi connectivity index (χ0) is 12.5. The van der Waals surface area contributed by atoms with Crippen molar-refractivity contribution in [2.75, 3.05) is 7.11 Å². The monoisotopic (exact) mass is 254 g/mol. The number of hydrogen-bond acceptors (Lipinski definition) is 2. The molecule has 1 aliphatic carbocycles. The molecule has 0 saturated heterocycles. The quantitative estimate of drug-likeness (QED) is 0.895. The Hall–Kier alpha value is -0.730. The maximum Gasteiger partial charge on any atom is 0.122 e. The first-order valence-corrected chi connectivity index (χ1v) is 6.41. The Morgan fingerprint density at radius 1 is 1.53 bits per heavy atom. The van der Waals surface area contributed by atoms with Gasteiger partial charge in [-0.25, -0.2) is 0 Å². The molecule has 0 spiro atoms. The molecule has 1 aromatic carbocycles. The summed E-state index contributed by atoms with van der Waals surface area (Å²) >= 11 is 6.03. The minimum absolute atomic E-state index is 0.148. The standard InChI is InChI=1S/C14H19ClO2/c1-14(6-5-12(16)9-14)8-10-7-11(15)3-4-13(10)17-2/h3-4,7,12,16H,5-6,8-9H2,1-2H3. The molecule has 1 aliphatic rings. The van der Waals surface area contributed by atoms with Crippen LogP contribution in [0, 0.1) is 5.41 Å². The molecule has 0 heterocycles. The van der Waals surface area contributed by atoms with E-state index in [4.69, 9.17) is 16.3 Å². The zero-order valence-electron chi connectivity index (χ0n) is 10.4. The lowest BCUT2D eigenvalue weighted by Crippen LogP contribution is -2.17. The van der Waals surface area contributed by atoms with E-state index in [0.29, 0.717) is 0 Å². The first kappa shape index (κ1) is 12.7. The highest BCUT2D eigenvalue weighted by Gasteiger charge is 2.34. The molecule has 0 aliphatic heterocycles. The van der Waals surface area contributed by atoms with E-state index in [0.717, 1.165) is 42.0 Å². The third kappa shape index (κ3) is 2.93. The molecule has 1 fully saturated rings. The molecule has 17 heavy (non-hydrogen) atoms. The smallest absolute Gasteiger partial charge is 0.122 e. The number of aliphatic hydroxyl groups is 1. The number of methoxy groups -OCH3 is 1. The molecule has 94 valence electrons. The van der Waals surface area contributed by atoms with Crippen LogP contribution in [0.3, 0.4) is 0 Å². The average molecular weight is 255 g/mol. The largest absolute Gasteiger partial charge is 0.496 e. The highest BCUT2D eigenvalue weighted by atomic mass is 35.5. The van der Waals surface area contributed by atoms with Crippen LogP contribution in [0.1, 0.15) is 31.7 Å². The van der Waals surface area contributed by atoms with E-state index in [-0.39, 0.29) is 11.5 Å². The Bertz CT molecular complexity index is 405. The molecule has 0 amide bonds. The van der Waals surface area contributed by atoms with Gasteiger partial charge >= 0.3 is 0 Å². The lowest BCUT2D eigenvalue weighted by Gasteiger charge is -2.24. The lowest BCUT2D eigenvalue weighted by molar-refractivity contribution is 0.163. The van der Waals surface area contributed by atoms with E-state index in [1.54, 1.807) is 7.11 Å². The molecule has 0 radical (unpaired) electrons. The Morgan fingerprint density at radius 2 is 2.29 bits per heavy atom. The summed E-state index contributed by atoms with van der Waals surface area (Å²) in [4.78, 5) is 0. The minimum atomic E-state index is -0.148. The number of rotatable bonds is 3. The van der Waals surface area contributed by atoms with Gasteiger partial charge in [0.2, 0.25) is 0 Å². The van der Waals surface area contributed by atoms with Crippen molar-refractivity contribution in [3.05, 3.63) is 28.8 Å². The maximum atomic E-state index is 9.67. The Balaban J connectivity index is 2.20. The number of aliphatic hydroxyl groups excluding tert-OH is 1. The van der Waals surface area contributed by atoms with Gasteiger partial charge in [0.1, 0.15) is 5.75 Å². The number of benzene rings is 1. The van der Waals surface area contributed by atoms with Crippen molar-refractivity contribution in [1.29, 1.82) is 0 Å². The average Bonchev–Trinajstić information content (AvgIpc) is 2.59. The summed E-state index contributed by atoms with van der Waals surface area (Å²) in [7, 11) is 1.68. The van der Waals surface area contributed by atoms with E-state index in [1.807, 2.05) is 18.2 Å². The van der Waals surface area contributed by atoms with E-state index in [9.17, 15) is 5.11 Å². The van der Waals surface area contributed by atoms with Crippen LogP contribution in [0.2, 0.25) is 5.02 Å². The second kappa shape index (κ2) is 4.87. The highest BCUT2D eigenvalue weighted by Crippen LogP contribution is 2.42. The van der Waals surface area contributed by atoms with Crippen molar-refractivity contribution in [1.82, 2.24) is 0 Å². The third-order valence-corrected chi connectivity index (χ3v) is 3.90. The molecule has 0 bridgehead atoms. The molecule has 2 nitrogen and oxygen atoms in total. The van der Waals surface area contributed by atoms with Crippen molar-refractivity contribution in [2.24, 2.45) is 5.41 Å². The fraction of sp³-hybridized carbons (Fsp3) is 0.571. The van der Waals surface area contributed by atoms with Crippen LogP contribution < -0.4 is 4.74 Å². The van der Waals surface area contributed by atoms with Gasteiger partial charge in [0.15, 0.2) is 0 Å². The lowest BCUT2D eigenvalue weighted by atomic mass is 9.82. The Morgan fingerprint density at radius 3 is 2.88 bits per heavy atom. The molecule has 2 unspecified atom stereocenters. The number of hydrogen-bond donors (Lipinski definition) is 1. The number of halogens is 1.